The van der Waals surface area contributed by atoms with Gasteiger partial charge in [0.2, 0.25) is 0 Å². The maximum Gasteiger partial charge on any atom is 0.193 e. The lowest BCUT2D eigenvalue weighted by atomic mass is 9.93. The minimum absolute atomic E-state index is 0.0787. The average molecular weight is 382 g/mol. The Kier molecular flexibility index (Phi) is 5.04. The van der Waals surface area contributed by atoms with E-state index in [-0.39, 0.29) is 5.41 Å². The summed E-state index contributed by atoms with van der Waals surface area (Å²) in [6.45, 7) is 6.62. The third-order valence-electron chi connectivity index (χ3n) is 6.60. The number of nitrogens with one attached hydrogen (secondary N) is 1. The highest BCUT2D eigenvalue weighted by atomic mass is 16.5. The summed E-state index contributed by atoms with van der Waals surface area (Å²) in [7, 11) is 3.63. The number of guanidine groups is 1. The summed E-state index contributed by atoms with van der Waals surface area (Å²) in [6, 6.07) is 9.14. The van der Waals surface area contributed by atoms with Gasteiger partial charge in [0.25, 0.3) is 0 Å². The van der Waals surface area contributed by atoms with Crippen LogP contribution in [0, 0.1) is 5.92 Å². The van der Waals surface area contributed by atoms with Crippen LogP contribution in [0.25, 0.3) is 0 Å². The zero-order valence-corrected chi connectivity index (χ0v) is 17.3. The van der Waals surface area contributed by atoms with Crippen LogP contribution in [0.3, 0.4) is 0 Å². The van der Waals surface area contributed by atoms with Gasteiger partial charge in [-0.2, -0.15) is 0 Å². The van der Waals surface area contributed by atoms with Crippen LogP contribution in [0.5, 0.6) is 5.75 Å². The van der Waals surface area contributed by atoms with E-state index >= 15 is 0 Å². The van der Waals surface area contributed by atoms with E-state index in [1.807, 2.05) is 31.7 Å². The number of methoxy groups -OCH3 is 1. The maximum atomic E-state index is 5.60. The van der Waals surface area contributed by atoms with Gasteiger partial charge in [-0.1, -0.05) is 32.0 Å². The summed E-state index contributed by atoms with van der Waals surface area (Å²) >= 11 is 0. The molecule has 1 aliphatic heterocycles. The zero-order chi connectivity index (χ0) is 19.7. The topological polar surface area (TPSA) is 54.7 Å². The summed E-state index contributed by atoms with van der Waals surface area (Å²) in [4.78, 5) is 11.2. The molecule has 4 unspecified atom stereocenters. The highest BCUT2D eigenvalue weighted by Crippen LogP contribution is 2.51. The Balaban J connectivity index is 1.46. The SMILES string of the molecule is CN=C(NC1CC1(C)c1ccccc1OC)N1CCC(C)C(n2ccnc2)C1. The Labute approximate surface area is 167 Å². The normalized spacial score (nSPS) is 30.2. The van der Waals surface area contributed by atoms with Crippen molar-refractivity contribution < 1.29 is 4.74 Å². The number of para-hydroxylation sites is 1. The molecule has 1 aromatic heterocycles. The van der Waals surface area contributed by atoms with Crippen molar-refractivity contribution in [1.29, 1.82) is 0 Å². The minimum Gasteiger partial charge on any atom is -0.496 e. The molecule has 6 heteroatoms. The third kappa shape index (κ3) is 3.36. The third-order valence-corrected chi connectivity index (χ3v) is 6.60. The fourth-order valence-corrected chi connectivity index (χ4v) is 4.54. The van der Waals surface area contributed by atoms with Gasteiger partial charge in [0.15, 0.2) is 5.96 Å². The van der Waals surface area contributed by atoms with Gasteiger partial charge in [0.1, 0.15) is 5.75 Å². The van der Waals surface area contributed by atoms with E-state index in [9.17, 15) is 0 Å². The van der Waals surface area contributed by atoms with E-state index in [4.69, 9.17) is 4.74 Å². The molecule has 2 aromatic rings. The van der Waals surface area contributed by atoms with E-state index in [0.717, 1.165) is 37.6 Å². The van der Waals surface area contributed by atoms with Gasteiger partial charge in [-0.25, -0.2) is 4.98 Å². The van der Waals surface area contributed by atoms with Crippen molar-refractivity contribution in [2.24, 2.45) is 10.9 Å². The molecule has 0 radical (unpaired) electrons. The van der Waals surface area contributed by atoms with Gasteiger partial charge in [-0.3, -0.25) is 4.99 Å². The molecular weight excluding hydrogens is 350 g/mol. The minimum atomic E-state index is 0.0787. The summed E-state index contributed by atoms with van der Waals surface area (Å²) in [5, 5.41) is 3.73. The van der Waals surface area contributed by atoms with Crippen molar-refractivity contribution in [1.82, 2.24) is 19.8 Å². The Morgan fingerprint density at radius 1 is 1.36 bits per heavy atom. The molecular formula is C22H31N5O. The molecule has 0 spiro atoms. The number of likely N-dealkylation sites (tertiary alicyclic amines) is 1. The van der Waals surface area contributed by atoms with Crippen LogP contribution in [0.4, 0.5) is 0 Å². The number of hydrogen-bond donors (Lipinski definition) is 1. The van der Waals surface area contributed by atoms with Crippen LogP contribution < -0.4 is 10.1 Å². The quantitative estimate of drug-likeness (QED) is 0.653. The Morgan fingerprint density at radius 3 is 2.89 bits per heavy atom. The number of rotatable bonds is 4. The molecule has 4 atom stereocenters. The van der Waals surface area contributed by atoms with Crippen molar-refractivity contribution in [3.8, 4) is 5.75 Å². The van der Waals surface area contributed by atoms with Crippen molar-refractivity contribution in [2.45, 2.75) is 44.2 Å². The lowest BCUT2D eigenvalue weighted by molar-refractivity contribution is 0.188. The smallest absolute Gasteiger partial charge is 0.193 e. The molecule has 6 nitrogen and oxygen atoms in total. The van der Waals surface area contributed by atoms with Crippen molar-refractivity contribution in [2.75, 3.05) is 27.2 Å². The molecule has 0 bridgehead atoms. The highest BCUT2D eigenvalue weighted by molar-refractivity contribution is 5.81. The predicted molar refractivity (Wildman–Crippen MR) is 112 cm³/mol. The molecule has 1 saturated heterocycles. The summed E-state index contributed by atoms with van der Waals surface area (Å²) < 4.78 is 7.83. The molecule has 2 fully saturated rings. The standard InChI is InChI=1S/C22H31N5O/c1-16-9-11-26(14-18(16)27-12-10-24-15-27)21(23-3)25-20-13-22(20,2)17-7-5-6-8-19(17)28-4/h5-8,10,12,15-16,18,20H,9,11,13-14H2,1-4H3,(H,23,25). The van der Waals surface area contributed by atoms with Crippen LogP contribution in [-0.4, -0.2) is 53.7 Å². The van der Waals surface area contributed by atoms with Crippen LogP contribution in [-0.2, 0) is 5.41 Å². The molecule has 1 aliphatic carbocycles. The number of imidazole rings is 1. The van der Waals surface area contributed by atoms with Crippen molar-refractivity contribution in [3.05, 3.63) is 48.5 Å². The first-order chi connectivity index (χ1) is 13.6. The first-order valence-electron chi connectivity index (χ1n) is 10.2. The van der Waals surface area contributed by atoms with E-state index in [2.05, 4.69) is 56.9 Å². The van der Waals surface area contributed by atoms with Gasteiger partial charge in [-0.05, 0) is 24.8 Å². The fourth-order valence-electron chi connectivity index (χ4n) is 4.54. The van der Waals surface area contributed by atoms with Crippen molar-refractivity contribution in [3.63, 3.8) is 0 Å². The van der Waals surface area contributed by atoms with Crippen LogP contribution in [0.2, 0.25) is 0 Å². The van der Waals surface area contributed by atoms with E-state index in [1.54, 1.807) is 7.11 Å². The number of piperidine rings is 1. The molecule has 28 heavy (non-hydrogen) atoms. The van der Waals surface area contributed by atoms with Gasteiger partial charge in [0.05, 0.1) is 19.5 Å². The van der Waals surface area contributed by atoms with Crippen LogP contribution >= 0.6 is 0 Å². The molecule has 0 amide bonds. The molecule has 1 N–H and O–H groups in total. The molecule has 1 saturated carbocycles. The summed E-state index contributed by atoms with van der Waals surface area (Å²) in [6.07, 6.45) is 8.10. The van der Waals surface area contributed by atoms with Crippen LogP contribution in [0.15, 0.2) is 48.0 Å². The first-order valence-corrected chi connectivity index (χ1v) is 10.2. The number of aliphatic imine (C=N–C) groups is 1. The molecule has 2 aliphatic rings. The number of aromatic nitrogens is 2. The summed E-state index contributed by atoms with van der Waals surface area (Å²) in [5.74, 6) is 2.60. The lowest BCUT2D eigenvalue weighted by Gasteiger charge is -2.39. The van der Waals surface area contributed by atoms with Gasteiger partial charge < -0.3 is 19.5 Å². The van der Waals surface area contributed by atoms with E-state index < -0.39 is 0 Å². The van der Waals surface area contributed by atoms with Gasteiger partial charge in [0, 0.05) is 49.6 Å². The predicted octanol–water partition coefficient (Wildman–Crippen LogP) is 3.08. The number of benzene rings is 1. The zero-order valence-electron chi connectivity index (χ0n) is 17.3. The number of ether oxygens (including phenoxy) is 1. The largest absolute Gasteiger partial charge is 0.496 e. The van der Waals surface area contributed by atoms with Gasteiger partial charge in [-0.15, -0.1) is 0 Å². The second-order valence-corrected chi connectivity index (χ2v) is 8.36. The molecule has 1 aromatic carbocycles. The Bertz CT molecular complexity index is 833. The summed E-state index contributed by atoms with van der Waals surface area (Å²) in [5.41, 5.74) is 1.35. The van der Waals surface area contributed by atoms with E-state index in [0.29, 0.717) is 18.0 Å². The fraction of sp³-hybridized carbons (Fsp3) is 0.545. The second kappa shape index (κ2) is 7.49. The van der Waals surface area contributed by atoms with Crippen molar-refractivity contribution >= 4 is 5.96 Å². The number of nitrogens with zero attached hydrogens (tertiary/aromatic N) is 4. The second-order valence-electron chi connectivity index (χ2n) is 8.36. The lowest BCUT2D eigenvalue weighted by Crippen LogP contribution is -2.50. The van der Waals surface area contributed by atoms with Crippen LogP contribution in [0.1, 0.15) is 38.3 Å². The maximum absolute atomic E-state index is 5.60. The molecule has 4 rings (SSSR count). The highest BCUT2D eigenvalue weighted by Gasteiger charge is 2.53. The van der Waals surface area contributed by atoms with Gasteiger partial charge >= 0.3 is 0 Å². The average Bonchev–Trinajstić information content (AvgIpc) is 3.11. The molecule has 2 heterocycles. The number of hydrogen-bond acceptors (Lipinski definition) is 3. The van der Waals surface area contributed by atoms with E-state index in [1.165, 1.54) is 5.56 Å². The Morgan fingerprint density at radius 2 is 2.18 bits per heavy atom. The Hall–Kier alpha value is -2.50. The molecule has 150 valence electrons. The first kappa shape index (κ1) is 18.8. The monoisotopic (exact) mass is 381 g/mol.